The minimum Gasteiger partial charge on any atom is -0.772 e. The van der Waals surface area contributed by atoms with Crippen molar-refractivity contribution in [2.45, 2.75) is 5.92 Å². The Morgan fingerprint density at radius 3 is 2.21 bits per heavy atom. The smallest absolute Gasteiger partial charge is 0.772 e. The predicted octanol–water partition coefficient (Wildman–Crippen LogP) is -1.34. The number of benzene rings is 1. The van der Waals surface area contributed by atoms with Crippen molar-refractivity contribution in [3.63, 3.8) is 0 Å². The van der Waals surface area contributed by atoms with Gasteiger partial charge in [0.2, 0.25) is 0 Å². The van der Waals surface area contributed by atoms with Crippen molar-refractivity contribution < 1.29 is 47.1 Å². The molecular formula is C8H7F2NaO2S. The van der Waals surface area contributed by atoms with Crippen molar-refractivity contribution in [1.29, 1.82) is 0 Å². The van der Waals surface area contributed by atoms with E-state index in [2.05, 4.69) is 0 Å². The van der Waals surface area contributed by atoms with Crippen LogP contribution in [0.25, 0.3) is 0 Å². The summed E-state index contributed by atoms with van der Waals surface area (Å²) in [6.45, 7) is 0. The van der Waals surface area contributed by atoms with E-state index in [4.69, 9.17) is 0 Å². The molecule has 0 amide bonds. The summed E-state index contributed by atoms with van der Waals surface area (Å²) in [5.41, 5.74) is -0.279. The number of hydrogen-bond acceptors (Lipinski definition) is 2. The molecule has 6 heteroatoms. The van der Waals surface area contributed by atoms with Crippen LogP contribution >= 0.6 is 0 Å². The number of alkyl halides is 2. The summed E-state index contributed by atoms with van der Waals surface area (Å²) in [6, 6.07) is 6.88. The molecule has 1 aromatic carbocycles. The average Bonchev–Trinajstić information content (AvgIpc) is 2.04. The Kier molecular flexibility index (Phi) is 6.00. The normalized spacial score (nSPS) is 13.1. The Labute approximate surface area is 105 Å². The third-order valence-corrected chi connectivity index (χ3v) is 2.09. The van der Waals surface area contributed by atoms with Gasteiger partial charge in [0.05, 0.1) is 5.75 Å². The maximum Gasteiger partial charge on any atom is 1.00 e. The molecule has 0 aromatic heterocycles. The number of halogens is 2. The van der Waals surface area contributed by atoms with Crippen LogP contribution in [0.4, 0.5) is 8.78 Å². The monoisotopic (exact) mass is 228 g/mol. The first-order valence-electron chi connectivity index (χ1n) is 3.51. The van der Waals surface area contributed by atoms with Gasteiger partial charge in [-0.2, -0.15) is 0 Å². The molecule has 2 nitrogen and oxygen atoms in total. The summed E-state index contributed by atoms with van der Waals surface area (Å²) in [4.78, 5) is 0. The van der Waals surface area contributed by atoms with E-state index in [1.54, 1.807) is 6.07 Å². The van der Waals surface area contributed by atoms with Crippen LogP contribution in [0.15, 0.2) is 30.3 Å². The van der Waals surface area contributed by atoms with Gasteiger partial charge in [0, 0.05) is 5.56 Å². The Hall–Kier alpha value is 0.190. The van der Waals surface area contributed by atoms with Gasteiger partial charge in [-0.25, -0.2) is 8.78 Å². The molecule has 0 spiro atoms. The second kappa shape index (κ2) is 5.92. The molecule has 0 saturated heterocycles. The summed E-state index contributed by atoms with van der Waals surface area (Å²) in [5, 5.41) is 0. The Bertz CT molecular complexity index is 305. The average molecular weight is 228 g/mol. The zero-order chi connectivity index (χ0) is 9.90. The summed E-state index contributed by atoms with van der Waals surface area (Å²) >= 11 is -2.74. The van der Waals surface area contributed by atoms with Gasteiger partial charge in [-0.15, -0.1) is 0 Å². The van der Waals surface area contributed by atoms with Crippen LogP contribution in [-0.4, -0.2) is 14.5 Å². The molecule has 1 rings (SSSR count). The summed E-state index contributed by atoms with van der Waals surface area (Å²) in [7, 11) is 0. The predicted molar refractivity (Wildman–Crippen MR) is 44.1 cm³/mol. The standard InChI is InChI=1S/C8H8F2O2S.Na/c9-8(10,6-13(11)12)7-4-2-1-3-5-7;/h1-5H,6H2,(H,11,12);/q;+1/p-1. The number of hydrogen-bond donors (Lipinski definition) is 0. The third-order valence-electron chi connectivity index (χ3n) is 1.50. The van der Waals surface area contributed by atoms with Crippen LogP contribution in [0, 0.1) is 0 Å². The van der Waals surface area contributed by atoms with Crippen molar-refractivity contribution in [3.05, 3.63) is 35.9 Å². The van der Waals surface area contributed by atoms with Crippen LogP contribution in [0.3, 0.4) is 0 Å². The van der Waals surface area contributed by atoms with Gasteiger partial charge in [0.1, 0.15) is 0 Å². The van der Waals surface area contributed by atoms with E-state index in [0.717, 1.165) is 0 Å². The van der Waals surface area contributed by atoms with E-state index < -0.39 is 22.8 Å². The summed E-state index contributed by atoms with van der Waals surface area (Å²) in [6.07, 6.45) is 0. The van der Waals surface area contributed by atoms with Crippen molar-refractivity contribution in [2.24, 2.45) is 0 Å². The van der Waals surface area contributed by atoms with Gasteiger partial charge in [-0.05, 0) is 11.1 Å². The molecule has 0 aliphatic rings. The van der Waals surface area contributed by atoms with Crippen LogP contribution in [-0.2, 0) is 17.0 Å². The van der Waals surface area contributed by atoms with E-state index >= 15 is 0 Å². The largest absolute Gasteiger partial charge is 1.00 e. The third kappa shape index (κ3) is 4.14. The van der Waals surface area contributed by atoms with Gasteiger partial charge in [0.15, 0.2) is 0 Å². The molecule has 0 radical (unpaired) electrons. The Morgan fingerprint density at radius 2 is 1.79 bits per heavy atom. The molecule has 0 aliphatic heterocycles. The Morgan fingerprint density at radius 1 is 1.29 bits per heavy atom. The van der Waals surface area contributed by atoms with Gasteiger partial charge in [0.25, 0.3) is 5.92 Å². The van der Waals surface area contributed by atoms with E-state index in [-0.39, 0.29) is 35.1 Å². The molecule has 0 N–H and O–H groups in total. The van der Waals surface area contributed by atoms with Crippen LogP contribution in [0.2, 0.25) is 0 Å². The van der Waals surface area contributed by atoms with Crippen molar-refractivity contribution >= 4 is 11.1 Å². The quantitative estimate of drug-likeness (QED) is 0.474. The molecule has 0 saturated carbocycles. The van der Waals surface area contributed by atoms with Crippen LogP contribution in [0.5, 0.6) is 0 Å². The fourth-order valence-electron chi connectivity index (χ4n) is 0.913. The first-order chi connectivity index (χ1) is 6.02. The minimum atomic E-state index is -3.30. The van der Waals surface area contributed by atoms with Crippen LogP contribution in [0.1, 0.15) is 5.56 Å². The van der Waals surface area contributed by atoms with Gasteiger partial charge >= 0.3 is 29.6 Å². The van der Waals surface area contributed by atoms with E-state index in [1.165, 1.54) is 24.3 Å². The molecule has 14 heavy (non-hydrogen) atoms. The van der Waals surface area contributed by atoms with Gasteiger partial charge in [-0.1, -0.05) is 30.3 Å². The Balaban J connectivity index is 0.00000169. The van der Waals surface area contributed by atoms with E-state index in [9.17, 15) is 17.5 Å². The second-order valence-corrected chi connectivity index (χ2v) is 3.41. The van der Waals surface area contributed by atoms with E-state index in [1.807, 2.05) is 0 Å². The molecular weight excluding hydrogens is 221 g/mol. The molecule has 1 aromatic rings. The number of rotatable bonds is 3. The zero-order valence-electron chi connectivity index (χ0n) is 7.57. The zero-order valence-corrected chi connectivity index (χ0v) is 10.4. The van der Waals surface area contributed by atoms with Crippen molar-refractivity contribution in [1.82, 2.24) is 0 Å². The van der Waals surface area contributed by atoms with Gasteiger partial charge < -0.3 is 4.55 Å². The summed E-state index contributed by atoms with van der Waals surface area (Å²) in [5.74, 6) is -4.47. The van der Waals surface area contributed by atoms with Crippen molar-refractivity contribution in [2.75, 3.05) is 5.75 Å². The molecule has 0 aliphatic carbocycles. The molecule has 1 atom stereocenters. The van der Waals surface area contributed by atoms with Crippen molar-refractivity contribution in [3.8, 4) is 0 Å². The molecule has 1 unspecified atom stereocenters. The summed E-state index contributed by atoms with van der Waals surface area (Å²) < 4.78 is 46.2. The fourth-order valence-corrected chi connectivity index (χ4v) is 1.38. The first-order valence-corrected chi connectivity index (χ1v) is 4.76. The molecule has 0 heterocycles. The topological polar surface area (TPSA) is 40.1 Å². The minimum absolute atomic E-state index is 0. The molecule has 72 valence electrons. The first kappa shape index (κ1) is 14.2. The maximum atomic E-state index is 13.0. The van der Waals surface area contributed by atoms with E-state index in [0.29, 0.717) is 0 Å². The fraction of sp³-hybridized carbons (Fsp3) is 0.250. The molecule has 0 bridgehead atoms. The second-order valence-electron chi connectivity index (χ2n) is 2.52. The van der Waals surface area contributed by atoms with Crippen LogP contribution < -0.4 is 29.6 Å². The SMILES string of the molecule is O=S([O-])CC(F)(F)c1ccccc1.[Na+]. The molecule has 0 fully saturated rings. The van der Waals surface area contributed by atoms with Gasteiger partial charge in [-0.3, -0.25) is 4.21 Å². The maximum absolute atomic E-state index is 13.0.